The summed E-state index contributed by atoms with van der Waals surface area (Å²) in [6, 6.07) is 9.15. The van der Waals surface area contributed by atoms with E-state index in [9.17, 15) is 9.59 Å². The number of amides is 1. The van der Waals surface area contributed by atoms with E-state index in [0.29, 0.717) is 30.0 Å². The van der Waals surface area contributed by atoms with Crippen molar-refractivity contribution >= 4 is 34.3 Å². The summed E-state index contributed by atoms with van der Waals surface area (Å²) in [7, 11) is 0. The van der Waals surface area contributed by atoms with Crippen LogP contribution < -0.4 is 16.4 Å². The molecule has 3 atom stereocenters. The largest absolute Gasteiger partial charge is 0.474 e. The lowest BCUT2D eigenvalue weighted by Gasteiger charge is -2.28. The Kier molecular flexibility index (Phi) is 7.38. The molecule has 1 unspecified atom stereocenters. The van der Waals surface area contributed by atoms with Gasteiger partial charge in [-0.15, -0.1) is 0 Å². The number of nitrogen functional groups attached to an aromatic ring is 1. The lowest BCUT2D eigenvalue weighted by Crippen LogP contribution is -2.31. The summed E-state index contributed by atoms with van der Waals surface area (Å²) in [5.41, 5.74) is 9.54. The lowest BCUT2D eigenvalue weighted by molar-refractivity contribution is -0.147. The van der Waals surface area contributed by atoms with E-state index in [2.05, 4.69) is 56.5 Å². The molecular formula is C27H35N7O3. The summed E-state index contributed by atoms with van der Waals surface area (Å²) in [6.07, 6.45) is 8.65. The highest BCUT2D eigenvalue weighted by molar-refractivity contribution is 6.36. The molecule has 0 spiro atoms. The van der Waals surface area contributed by atoms with E-state index in [1.54, 1.807) is 6.07 Å². The van der Waals surface area contributed by atoms with Crippen molar-refractivity contribution in [2.24, 2.45) is 5.92 Å². The molecule has 2 saturated heterocycles. The molecule has 2 fully saturated rings. The summed E-state index contributed by atoms with van der Waals surface area (Å²) in [6.45, 7) is 6.26. The summed E-state index contributed by atoms with van der Waals surface area (Å²) in [5.74, 6) is -1.49. The maximum atomic E-state index is 11.4. The molecule has 2 aliphatic heterocycles. The number of rotatable bonds is 7. The molecule has 10 nitrogen and oxygen atoms in total. The number of hydrogen-bond acceptors (Lipinski definition) is 7. The van der Waals surface area contributed by atoms with Crippen LogP contribution in [0.2, 0.25) is 0 Å². The number of carbonyl (C=O) groups is 2. The van der Waals surface area contributed by atoms with E-state index >= 15 is 0 Å². The molecule has 0 aliphatic carbocycles. The van der Waals surface area contributed by atoms with Gasteiger partial charge in [-0.3, -0.25) is 9.48 Å². The number of anilines is 2. The highest BCUT2D eigenvalue weighted by atomic mass is 16.4. The highest BCUT2D eigenvalue weighted by Gasteiger charge is 2.25. The van der Waals surface area contributed by atoms with Gasteiger partial charge in [0.25, 0.3) is 0 Å². The number of pyridine rings is 1. The van der Waals surface area contributed by atoms with E-state index in [0.717, 1.165) is 56.0 Å². The average Bonchev–Trinajstić information content (AvgIpc) is 3.53. The van der Waals surface area contributed by atoms with E-state index < -0.39 is 11.9 Å². The van der Waals surface area contributed by atoms with Gasteiger partial charge in [0, 0.05) is 30.7 Å². The number of benzene rings is 1. The van der Waals surface area contributed by atoms with Crippen LogP contribution in [0, 0.1) is 5.92 Å². The molecule has 0 radical (unpaired) electrons. The first-order valence-corrected chi connectivity index (χ1v) is 13.1. The van der Waals surface area contributed by atoms with Crippen LogP contribution in [-0.4, -0.2) is 62.8 Å². The minimum atomic E-state index is -1.54. The number of hydrogen-bond donors (Lipinski definition) is 4. The Morgan fingerprint density at radius 2 is 2.11 bits per heavy atom. The van der Waals surface area contributed by atoms with Crippen molar-refractivity contribution < 1.29 is 14.7 Å². The Morgan fingerprint density at radius 1 is 1.24 bits per heavy atom. The molecular weight excluding hydrogens is 470 g/mol. The Morgan fingerprint density at radius 3 is 2.89 bits per heavy atom. The number of aliphatic carboxylic acids is 1. The molecule has 5 rings (SSSR count). The van der Waals surface area contributed by atoms with Gasteiger partial charge < -0.3 is 26.4 Å². The van der Waals surface area contributed by atoms with Gasteiger partial charge in [-0.1, -0.05) is 13.0 Å². The zero-order valence-electron chi connectivity index (χ0n) is 21.2. The molecule has 0 saturated carbocycles. The van der Waals surface area contributed by atoms with Crippen LogP contribution in [-0.2, 0) is 16.0 Å². The number of carboxylic acids is 1. The van der Waals surface area contributed by atoms with Gasteiger partial charge >= 0.3 is 11.9 Å². The molecule has 196 valence electrons. The van der Waals surface area contributed by atoms with E-state index in [-0.39, 0.29) is 0 Å². The average molecular weight is 506 g/mol. The molecule has 2 aromatic heterocycles. The van der Waals surface area contributed by atoms with Gasteiger partial charge in [0.2, 0.25) is 0 Å². The quantitative estimate of drug-likeness (QED) is 0.360. The van der Waals surface area contributed by atoms with Crippen molar-refractivity contribution in [3.05, 3.63) is 47.8 Å². The van der Waals surface area contributed by atoms with Crippen molar-refractivity contribution in [2.75, 3.05) is 37.2 Å². The van der Waals surface area contributed by atoms with Crippen LogP contribution in [0.5, 0.6) is 0 Å². The zero-order valence-corrected chi connectivity index (χ0v) is 21.2. The van der Waals surface area contributed by atoms with Crippen molar-refractivity contribution in [3.63, 3.8) is 0 Å². The lowest BCUT2D eigenvalue weighted by atomic mass is 9.92. The monoisotopic (exact) mass is 505 g/mol. The predicted molar refractivity (Wildman–Crippen MR) is 142 cm³/mol. The van der Waals surface area contributed by atoms with Gasteiger partial charge in [-0.05, 0) is 80.4 Å². The number of fused-ring (bicyclic) bond motifs is 1. The van der Waals surface area contributed by atoms with Crippen LogP contribution in [0.1, 0.15) is 55.8 Å². The Hall–Kier alpha value is -3.50. The molecule has 1 aromatic carbocycles. The molecule has 10 heteroatoms. The number of nitrogens with one attached hydrogen (secondary N) is 2. The first-order valence-electron chi connectivity index (χ1n) is 13.1. The molecule has 2 aliphatic rings. The third kappa shape index (κ3) is 5.91. The van der Waals surface area contributed by atoms with Crippen molar-refractivity contribution in [1.82, 2.24) is 25.0 Å². The summed E-state index contributed by atoms with van der Waals surface area (Å²) in [4.78, 5) is 28.7. The number of nitrogens with zero attached hydrogens (tertiary/aromatic N) is 4. The second-order valence-electron chi connectivity index (χ2n) is 10.4. The van der Waals surface area contributed by atoms with Crippen molar-refractivity contribution in [1.29, 1.82) is 0 Å². The van der Waals surface area contributed by atoms with E-state index in [1.165, 1.54) is 30.0 Å². The molecule has 1 amide bonds. The van der Waals surface area contributed by atoms with Crippen LogP contribution in [0.4, 0.5) is 11.5 Å². The fourth-order valence-corrected chi connectivity index (χ4v) is 5.45. The first-order chi connectivity index (χ1) is 17.9. The maximum Gasteiger partial charge on any atom is 0.394 e. The zero-order chi connectivity index (χ0) is 25.9. The highest BCUT2D eigenvalue weighted by Crippen LogP contribution is 2.29. The second-order valence-corrected chi connectivity index (χ2v) is 10.4. The molecule has 5 N–H and O–H groups in total. The van der Waals surface area contributed by atoms with Gasteiger partial charge in [-0.2, -0.15) is 5.10 Å². The predicted octanol–water partition coefficient (Wildman–Crippen LogP) is 2.98. The van der Waals surface area contributed by atoms with Gasteiger partial charge in [-0.25, -0.2) is 9.78 Å². The smallest absolute Gasteiger partial charge is 0.394 e. The molecule has 37 heavy (non-hydrogen) atoms. The third-order valence-electron chi connectivity index (χ3n) is 7.61. The topological polar surface area (TPSA) is 138 Å². The van der Waals surface area contributed by atoms with Crippen molar-refractivity contribution in [2.45, 2.75) is 51.1 Å². The minimum Gasteiger partial charge on any atom is -0.474 e. The first kappa shape index (κ1) is 25.2. The second kappa shape index (κ2) is 10.9. The molecule has 0 bridgehead atoms. The Balaban J connectivity index is 1.15. The van der Waals surface area contributed by atoms with Gasteiger partial charge in [0.05, 0.1) is 23.4 Å². The van der Waals surface area contributed by atoms with E-state index in [4.69, 9.17) is 15.9 Å². The number of carbonyl (C=O) groups excluding carboxylic acids is 1. The van der Waals surface area contributed by atoms with E-state index in [1.807, 2.05) is 0 Å². The number of aryl methyl sites for hydroxylation is 1. The number of piperidine rings is 1. The fraction of sp³-hybridized carbons (Fsp3) is 0.481. The maximum absolute atomic E-state index is 11.4. The van der Waals surface area contributed by atoms with Crippen LogP contribution >= 0.6 is 0 Å². The van der Waals surface area contributed by atoms with Gasteiger partial charge in [0.1, 0.15) is 5.82 Å². The van der Waals surface area contributed by atoms with Crippen LogP contribution in [0.15, 0.2) is 36.7 Å². The SMILES string of the molecule is C[C@H]1CC[C@H](c2ccc3nn(C4CCN(CCCc5cc(NC(=O)C(=O)O)cnc5N)C4)cc3c2)NC1. The summed E-state index contributed by atoms with van der Waals surface area (Å²) in [5, 5.41) is 20.9. The van der Waals surface area contributed by atoms with Crippen LogP contribution in [0.25, 0.3) is 10.9 Å². The molecule has 4 heterocycles. The fourth-order valence-electron chi connectivity index (χ4n) is 5.45. The minimum absolute atomic E-state index is 0.334. The van der Waals surface area contributed by atoms with Crippen molar-refractivity contribution in [3.8, 4) is 0 Å². The van der Waals surface area contributed by atoms with Gasteiger partial charge in [0.15, 0.2) is 0 Å². The number of carboxylic acid groups (broad SMARTS) is 1. The number of aromatic nitrogens is 3. The molecule has 3 aromatic rings. The summed E-state index contributed by atoms with van der Waals surface area (Å²) >= 11 is 0. The van der Waals surface area contributed by atoms with Crippen LogP contribution in [0.3, 0.4) is 0 Å². The third-order valence-corrected chi connectivity index (χ3v) is 7.61. The number of nitrogens with two attached hydrogens (primary N) is 1. The summed E-state index contributed by atoms with van der Waals surface area (Å²) < 4.78 is 2.14. The number of likely N-dealkylation sites (tertiary alicyclic amines) is 1. The Bertz CT molecular complexity index is 1280. The normalized spacial score (nSPS) is 22.4. The standard InChI is InChI=1S/C27H35N7O3/c1-17-4-6-23(29-13-17)18-5-7-24-20(11-18)15-34(32-24)22-8-10-33(16-22)9-2-3-19-12-21(14-30-25(19)28)31-26(35)27(36)37/h5,7,11-12,14-15,17,22-23,29H,2-4,6,8-10,13,16H2,1H3,(H2,28,30)(H,31,35)(H,36,37)/t17-,22?,23+/m0/s1. The Labute approximate surface area is 216 Å².